The van der Waals surface area contributed by atoms with Crippen molar-refractivity contribution in [3.63, 3.8) is 0 Å². The second kappa shape index (κ2) is 10.6. The summed E-state index contributed by atoms with van der Waals surface area (Å²) >= 11 is 0. The molecule has 4 aromatic rings. The summed E-state index contributed by atoms with van der Waals surface area (Å²) in [7, 11) is 0. The quantitative estimate of drug-likeness (QED) is 0.298. The van der Waals surface area contributed by atoms with Crippen LogP contribution < -0.4 is 16.0 Å². The van der Waals surface area contributed by atoms with Gasteiger partial charge in [-0.25, -0.2) is 0 Å². The van der Waals surface area contributed by atoms with E-state index in [1.165, 1.54) is 6.08 Å². The third-order valence-electron chi connectivity index (χ3n) is 4.86. The zero-order chi connectivity index (χ0) is 22.9. The Labute approximate surface area is 192 Å². The fourth-order valence-electron chi connectivity index (χ4n) is 3.22. The molecule has 0 aliphatic carbocycles. The zero-order valence-corrected chi connectivity index (χ0v) is 17.9. The van der Waals surface area contributed by atoms with E-state index in [0.717, 1.165) is 16.9 Å². The lowest BCUT2D eigenvalue weighted by molar-refractivity contribution is -0.111. The van der Waals surface area contributed by atoms with Gasteiger partial charge in [-0.05, 0) is 60.2 Å². The molecule has 162 valence electrons. The first kappa shape index (κ1) is 21.6. The van der Waals surface area contributed by atoms with Gasteiger partial charge in [0.05, 0.1) is 11.3 Å². The van der Waals surface area contributed by atoms with E-state index < -0.39 is 0 Å². The van der Waals surface area contributed by atoms with Gasteiger partial charge in [0.25, 0.3) is 5.91 Å². The van der Waals surface area contributed by atoms with E-state index >= 15 is 0 Å². The summed E-state index contributed by atoms with van der Waals surface area (Å²) in [5.74, 6) is -0.614. The van der Waals surface area contributed by atoms with Crippen LogP contribution in [0.2, 0.25) is 0 Å². The van der Waals surface area contributed by atoms with Gasteiger partial charge >= 0.3 is 0 Å². The standard InChI is InChI=1S/C28H23N3O2/c32-27(20-15-21-9-3-1-4-10-21)31-26-14-8-7-13-25(26)28(33)30-24-18-16-23(17-19-24)29-22-11-5-2-6-12-22/h1-20,29H,(H,30,33)(H,31,32). The number of hydrogen-bond acceptors (Lipinski definition) is 3. The zero-order valence-electron chi connectivity index (χ0n) is 17.9. The van der Waals surface area contributed by atoms with Gasteiger partial charge in [0.1, 0.15) is 0 Å². The van der Waals surface area contributed by atoms with Crippen LogP contribution in [0.3, 0.4) is 0 Å². The first-order chi connectivity index (χ1) is 16.2. The second-order valence-electron chi connectivity index (χ2n) is 7.30. The topological polar surface area (TPSA) is 70.2 Å². The molecule has 0 aliphatic heterocycles. The molecule has 0 atom stereocenters. The van der Waals surface area contributed by atoms with Crippen molar-refractivity contribution in [2.24, 2.45) is 0 Å². The number of benzene rings is 4. The molecule has 0 radical (unpaired) electrons. The Hall–Kier alpha value is -4.64. The molecule has 0 aliphatic rings. The summed E-state index contributed by atoms with van der Waals surface area (Å²) in [6.45, 7) is 0. The predicted octanol–water partition coefficient (Wildman–Crippen LogP) is 6.33. The average molecular weight is 434 g/mol. The molecule has 0 spiro atoms. The highest BCUT2D eigenvalue weighted by Crippen LogP contribution is 2.21. The summed E-state index contributed by atoms with van der Waals surface area (Å²) in [6, 6.07) is 33.8. The minimum atomic E-state index is -0.310. The van der Waals surface area contributed by atoms with Gasteiger partial charge in [0.15, 0.2) is 0 Å². The maximum absolute atomic E-state index is 12.9. The molecule has 4 aromatic carbocycles. The summed E-state index contributed by atoms with van der Waals surface area (Å²) in [5, 5.41) is 8.98. The van der Waals surface area contributed by atoms with Crippen LogP contribution in [0.4, 0.5) is 22.7 Å². The third-order valence-corrected chi connectivity index (χ3v) is 4.86. The second-order valence-corrected chi connectivity index (χ2v) is 7.30. The van der Waals surface area contributed by atoms with Crippen molar-refractivity contribution in [3.8, 4) is 0 Å². The number of anilines is 4. The number of hydrogen-bond donors (Lipinski definition) is 3. The van der Waals surface area contributed by atoms with Crippen LogP contribution >= 0.6 is 0 Å². The number of amides is 2. The molecular formula is C28H23N3O2. The fraction of sp³-hybridized carbons (Fsp3) is 0. The maximum atomic E-state index is 12.9. The largest absolute Gasteiger partial charge is 0.356 e. The van der Waals surface area contributed by atoms with Crippen molar-refractivity contribution in [2.75, 3.05) is 16.0 Å². The van der Waals surface area contributed by atoms with Crippen molar-refractivity contribution in [3.05, 3.63) is 126 Å². The van der Waals surface area contributed by atoms with Crippen LogP contribution in [0.1, 0.15) is 15.9 Å². The van der Waals surface area contributed by atoms with Crippen molar-refractivity contribution in [1.29, 1.82) is 0 Å². The number of nitrogens with one attached hydrogen (secondary N) is 3. The van der Waals surface area contributed by atoms with Gasteiger partial charge < -0.3 is 16.0 Å². The molecule has 0 bridgehead atoms. The average Bonchev–Trinajstić information content (AvgIpc) is 2.85. The molecule has 5 nitrogen and oxygen atoms in total. The summed E-state index contributed by atoms with van der Waals surface area (Å²) in [5.41, 5.74) is 4.30. The van der Waals surface area contributed by atoms with Crippen LogP contribution in [0, 0.1) is 0 Å². The van der Waals surface area contributed by atoms with Crippen LogP contribution in [-0.4, -0.2) is 11.8 Å². The van der Waals surface area contributed by atoms with Crippen molar-refractivity contribution >= 4 is 40.6 Å². The van der Waals surface area contributed by atoms with Gasteiger partial charge in [-0.3, -0.25) is 9.59 Å². The van der Waals surface area contributed by atoms with Gasteiger partial charge in [-0.1, -0.05) is 60.7 Å². The number of carbonyl (C=O) groups is 2. The maximum Gasteiger partial charge on any atom is 0.257 e. The van der Waals surface area contributed by atoms with E-state index in [4.69, 9.17) is 0 Å². The minimum Gasteiger partial charge on any atom is -0.356 e. The monoisotopic (exact) mass is 433 g/mol. The summed E-state index contributed by atoms with van der Waals surface area (Å²) < 4.78 is 0. The molecule has 0 aromatic heterocycles. The molecule has 0 saturated heterocycles. The Kier molecular flexibility index (Phi) is 6.93. The molecule has 0 fully saturated rings. The van der Waals surface area contributed by atoms with Gasteiger partial charge in [-0.15, -0.1) is 0 Å². The van der Waals surface area contributed by atoms with E-state index in [2.05, 4.69) is 16.0 Å². The molecule has 4 rings (SSSR count). The first-order valence-corrected chi connectivity index (χ1v) is 10.5. The molecule has 0 unspecified atom stereocenters. The molecule has 0 saturated carbocycles. The fourth-order valence-corrected chi connectivity index (χ4v) is 3.22. The molecular weight excluding hydrogens is 410 g/mol. The van der Waals surface area contributed by atoms with E-state index in [1.807, 2.05) is 84.9 Å². The number of carbonyl (C=O) groups excluding carboxylic acids is 2. The highest BCUT2D eigenvalue weighted by Gasteiger charge is 2.12. The van der Waals surface area contributed by atoms with Crippen LogP contribution in [0.25, 0.3) is 6.08 Å². The Bertz CT molecular complexity index is 1250. The highest BCUT2D eigenvalue weighted by molar-refractivity contribution is 6.11. The lowest BCUT2D eigenvalue weighted by atomic mass is 10.1. The van der Waals surface area contributed by atoms with Crippen molar-refractivity contribution < 1.29 is 9.59 Å². The van der Waals surface area contributed by atoms with Crippen molar-refractivity contribution in [1.82, 2.24) is 0 Å². The van der Waals surface area contributed by atoms with Gasteiger partial charge in [0.2, 0.25) is 5.91 Å². The SMILES string of the molecule is O=C(C=Cc1ccccc1)Nc1ccccc1C(=O)Nc1ccc(Nc2ccccc2)cc1. The van der Waals surface area contributed by atoms with Crippen LogP contribution in [0.15, 0.2) is 115 Å². The Morgan fingerprint density at radius 3 is 1.88 bits per heavy atom. The highest BCUT2D eigenvalue weighted by atomic mass is 16.2. The molecule has 2 amide bonds. The van der Waals surface area contributed by atoms with Gasteiger partial charge in [-0.2, -0.15) is 0 Å². The van der Waals surface area contributed by atoms with E-state index in [-0.39, 0.29) is 11.8 Å². The number of para-hydroxylation sites is 2. The Balaban J connectivity index is 1.40. The third kappa shape index (κ3) is 6.18. The van der Waals surface area contributed by atoms with E-state index in [0.29, 0.717) is 16.9 Å². The van der Waals surface area contributed by atoms with E-state index in [9.17, 15) is 9.59 Å². The molecule has 3 N–H and O–H groups in total. The van der Waals surface area contributed by atoms with Crippen LogP contribution in [0.5, 0.6) is 0 Å². The number of rotatable bonds is 7. The lowest BCUT2D eigenvalue weighted by Gasteiger charge is -2.11. The normalized spacial score (nSPS) is 10.5. The summed E-state index contributed by atoms with van der Waals surface area (Å²) in [4.78, 5) is 25.2. The minimum absolute atomic E-state index is 0.304. The molecule has 33 heavy (non-hydrogen) atoms. The molecule has 5 heteroatoms. The van der Waals surface area contributed by atoms with E-state index in [1.54, 1.807) is 30.3 Å². The molecule has 0 heterocycles. The smallest absolute Gasteiger partial charge is 0.257 e. The summed E-state index contributed by atoms with van der Waals surface area (Å²) in [6.07, 6.45) is 3.17. The predicted molar refractivity (Wildman–Crippen MR) is 135 cm³/mol. The van der Waals surface area contributed by atoms with Gasteiger partial charge in [0, 0.05) is 23.1 Å². The van der Waals surface area contributed by atoms with Crippen LogP contribution in [-0.2, 0) is 4.79 Å². The first-order valence-electron chi connectivity index (χ1n) is 10.5. The van der Waals surface area contributed by atoms with Crippen molar-refractivity contribution in [2.45, 2.75) is 0 Å². The Morgan fingerprint density at radius 2 is 1.15 bits per heavy atom. The lowest BCUT2D eigenvalue weighted by Crippen LogP contribution is -2.17. The Morgan fingerprint density at radius 1 is 0.576 bits per heavy atom.